The molecule has 0 bridgehead atoms. The van der Waals surface area contributed by atoms with Gasteiger partial charge in [-0.25, -0.2) is 4.98 Å². The molecule has 1 N–H and O–H groups in total. The minimum Gasteiger partial charge on any atom is -0.507 e. The number of phenols is 1. The van der Waals surface area contributed by atoms with Crippen LogP contribution in [0, 0.1) is 6.92 Å². The number of rotatable bonds is 2. The lowest BCUT2D eigenvalue weighted by Crippen LogP contribution is -1.85. The molecule has 0 aliphatic rings. The maximum Gasteiger partial charge on any atom is 0.129 e. The van der Waals surface area contributed by atoms with E-state index in [4.69, 9.17) is 0 Å². The summed E-state index contributed by atoms with van der Waals surface area (Å²) in [5, 5.41) is 10.5. The fourth-order valence-corrected chi connectivity index (χ4v) is 2.60. The number of halogens is 1. The maximum atomic E-state index is 9.67. The van der Waals surface area contributed by atoms with Crippen molar-refractivity contribution in [3.05, 3.63) is 46.6 Å². The summed E-state index contributed by atoms with van der Waals surface area (Å²) in [6.45, 7) is 2.01. The van der Waals surface area contributed by atoms with Crippen molar-refractivity contribution in [3.8, 4) is 5.75 Å². The normalized spacial score (nSPS) is 10.4. The summed E-state index contributed by atoms with van der Waals surface area (Å²) in [6.07, 6.45) is 1.77. The van der Waals surface area contributed by atoms with Gasteiger partial charge in [-0.05, 0) is 46.6 Å². The number of pyridine rings is 1. The summed E-state index contributed by atoms with van der Waals surface area (Å²) >= 11 is 4.94. The predicted molar refractivity (Wildman–Crippen MR) is 68.9 cm³/mol. The third-order valence-electron chi connectivity index (χ3n) is 2.12. The predicted octanol–water partition coefficient (Wildman–Crippen LogP) is 4.01. The Labute approximate surface area is 107 Å². The van der Waals surface area contributed by atoms with Gasteiger partial charge in [0.2, 0.25) is 0 Å². The van der Waals surface area contributed by atoms with Gasteiger partial charge in [0.1, 0.15) is 10.8 Å². The van der Waals surface area contributed by atoms with Gasteiger partial charge >= 0.3 is 0 Å². The van der Waals surface area contributed by atoms with Crippen LogP contribution >= 0.6 is 27.7 Å². The highest BCUT2D eigenvalue weighted by atomic mass is 79.9. The lowest BCUT2D eigenvalue weighted by atomic mass is 10.3. The monoisotopic (exact) mass is 295 g/mol. The van der Waals surface area contributed by atoms with Crippen LogP contribution in [0.4, 0.5) is 0 Å². The summed E-state index contributed by atoms with van der Waals surface area (Å²) in [4.78, 5) is 5.09. The molecule has 1 heterocycles. The number of nitrogens with zero attached hydrogens (tertiary/aromatic N) is 1. The maximum absolute atomic E-state index is 9.67. The van der Waals surface area contributed by atoms with Gasteiger partial charge in [-0.2, -0.15) is 0 Å². The molecule has 0 saturated heterocycles. The molecule has 2 nitrogen and oxygen atoms in total. The molecule has 2 aromatic rings. The van der Waals surface area contributed by atoms with E-state index in [1.807, 2.05) is 25.1 Å². The molecule has 0 saturated carbocycles. The second kappa shape index (κ2) is 4.89. The van der Waals surface area contributed by atoms with Crippen molar-refractivity contribution in [2.24, 2.45) is 0 Å². The van der Waals surface area contributed by atoms with Gasteiger partial charge in [-0.3, -0.25) is 0 Å². The van der Waals surface area contributed by atoms with Gasteiger partial charge < -0.3 is 5.11 Å². The van der Waals surface area contributed by atoms with Crippen molar-refractivity contribution in [2.45, 2.75) is 16.8 Å². The smallest absolute Gasteiger partial charge is 0.129 e. The van der Waals surface area contributed by atoms with Gasteiger partial charge in [-0.15, -0.1) is 0 Å². The first-order chi connectivity index (χ1) is 7.68. The summed E-state index contributed by atoms with van der Waals surface area (Å²) in [7, 11) is 0. The molecule has 1 aromatic carbocycles. The molecule has 1 aromatic heterocycles. The summed E-state index contributed by atoms with van der Waals surface area (Å²) in [6, 6.07) is 9.19. The molecule has 0 radical (unpaired) electrons. The van der Waals surface area contributed by atoms with Crippen LogP contribution in [-0.2, 0) is 0 Å². The first-order valence-corrected chi connectivity index (χ1v) is 6.36. The molecule has 0 amide bonds. The molecule has 0 fully saturated rings. The van der Waals surface area contributed by atoms with E-state index in [1.54, 1.807) is 18.3 Å². The van der Waals surface area contributed by atoms with Crippen LogP contribution in [0.5, 0.6) is 5.75 Å². The number of para-hydroxylation sites is 1. The van der Waals surface area contributed by atoms with E-state index in [0.717, 1.165) is 20.0 Å². The number of hydrogen-bond acceptors (Lipinski definition) is 3. The van der Waals surface area contributed by atoms with E-state index in [-0.39, 0.29) is 5.75 Å². The molecule has 4 heteroatoms. The average molecular weight is 296 g/mol. The Balaban J connectivity index is 2.35. The van der Waals surface area contributed by atoms with E-state index < -0.39 is 0 Å². The molecule has 16 heavy (non-hydrogen) atoms. The standard InChI is InChI=1S/C12H10BrNOS/c1-8-6-7-14-12(11(8)13)16-10-5-3-2-4-9(10)15/h2-7,15H,1H3. The highest BCUT2D eigenvalue weighted by Crippen LogP contribution is 2.37. The van der Waals surface area contributed by atoms with Crippen LogP contribution in [-0.4, -0.2) is 10.1 Å². The number of benzene rings is 1. The second-order valence-corrected chi connectivity index (χ2v) is 5.14. The van der Waals surface area contributed by atoms with Crippen molar-refractivity contribution < 1.29 is 5.11 Å². The van der Waals surface area contributed by atoms with Gasteiger partial charge in [0.05, 0.1) is 9.37 Å². The zero-order valence-corrected chi connectivity index (χ0v) is 11.0. The van der Waals surface area contributed by atoms with Crippen LogP contribution in [0.15, 0.2) is 50.9 Å². The molecule has 82 valence electrons. The van der Waals surface area contributed by atoms with E-state index in [2.05, 4.69) is 20.9 Å². The minimum absolute atomic E-state index is 0.280. The Bertz CT molecular complexity index is 516. The van der Waals surface area contributed by atoms with E-state index >= 15 is 0 Å². The van der Waals surface area contributed by atoms with Crippen molar-refractivity contribution in [2.75, 3.05) is 0 Å². The lowest BCUT2D eigenvalue weighted by molar-refractivity contribution is 0.462. The molecule has 0 spiro atoms. The fourth-order valence-electron chi connectivity index (χ4n) is 1.23. The summed E-state index contributed by atoms with van der Waals surface area (Å²) < 4.78 is 0.975. The van der Waals surface area contributed by atoms with E-state index in [1.165, 1.54) is 11.8 Å². The third-order valence-corrected chi connectivity index (χ3v) is 4.45. The van der Waals surface area contributed by atoms with Gasteiger partial charge in [0.25, 0.3) is 0 Å². The molecular formula is C12H10BrNOS. The Morgan fingerprint density at radius 2 is 2.00 bits per heavy atom. The molecule has 0 aliphatic carbocycles. The Kier molecular flexibility index (Phi) is 3.51. The average Bonchev–Trinajstić information content (AvgIpc) is 2.28. The first kappa shape index (κ1) is 11.5. The second-order valence-electron chi connectivity index (χ2n) is 3.32. The van der Waals surface area contributed by atoms with Crippen LogP contribution < -0.4 is 0 Å². The zero-order valence-electron chi connectivity index (χ0n) is 8.64. The van der Waals surface area contributed by atoms with Crippen LogP contribution in [0.3, 0.4) is 0 Å². The van der Waals surface area contributed by atoms with E-state index in [0.29, 0.717) is 0 Å². The summed E-state index contributed by atoms with van der Waals surface area (Å²) in [5.74, 6) is 0.280. The quantitative estimate of drug-likeness (QED) is 0.909. The van der Waals surface area contributed by atoms with Crippen LogP contribution in [0.1, 0.15) is 5.56 Å². The summed E-state index contributed by atoms with van der Waals surface area (Å²) in [5.41, 5.74) is 1.13. The van der Waals surface area contributed by atoms with Crippen molar-refractivity contribution in [1.82, 2.24) is 4.98 Å². The minimum atomic E-state index is 0.280. The number of aryl methyl sites for hydroxylation is 1. The molecule has 0 unspecified atom stereocenters. The largest absolute Gasteiger partial charge is 0.507 e. The van der Waals surface area contributed by atoms with Gasteiger partial charge in [0.15, 0.2) is 0 Å². The SMILES string of the molecule is Cc1ccnc(Sc2ccccc2O)c1Br. The molecule has 2 rings (SSSR count). The van der Waals surface area contributed by atoms with Gasteiger partial charge in [0, 0.05) is 6.20 Å². The third kappa shape index (κ3) is 2.39. The lowest BCUT2D eigenvalue weighted by Gasteiger charge is -2.06. The Hall–Kier alpha value is -1.00. The number of phenolic OH excluding ortho intramolecular Hbond substituents is 1. The Morgan fingerprint density at radius 3 is 2.75 bits per heavy atom. The van der Waals surface area contributed by atoms with Crippen molar-refractivity contribution >= 4 is 27.7 Å². The highest BCUT2D eigenvalue weighted by molar-refractivity contribution is 9.10. The zero-order chi connectivity index (χ0) is 11.5. The fraction of sp³-hybridized carbons (Fsp3) is 0.0833. The number of aromatic hydroxyl groups is 1. The molecule has 0 atom stereocenters. The first-order valence-electron chi connectivity index (χ1n) is 4.75. The van der Waals surface area contributed by atoms with E-state index in [9.17, 15) is 5.11 Å². The van der Waals surface area contributed by atoms with Crippen LogP contribution in [0.25, 0.3) is 0 Å². The van der Waals surface area contributed by atoms with Crippen molar-refractivity contribution in [3.63, 3.8) is 0 Å². The van der Waals surface area contributed by atoms with Gasteiger partial charge in [-0.1, -0.05) is 23.9 Å². The Morgan fingerprint density at radius 1 is 1.25 bits per heavy atom. The topological polar surface area (TPSA) is 33.1 Å². The highest BCUT2D eigenvalue weighted by Gasteiger charge is 2.08. The molecule has 0 aliphatic heterocycles. The number of hydrogen-bond donors (Lipinski definition) is 1. The number of aromatic nitrogens is 1. The van der Waals surface area contributed by atoms with Crippen LogP contribution in [0.2, 0.25) is 0 Å². The van der Waals surface area contributed by atoms with Crippen molar-refractivity contribution in [1.29, 1.82) is 0 Å². The molecular weight excluding hydrogens is 286 g/mol.